The van der Waals surface area contributed by atoms with Crippen molar-refractivity contribution in [2.24, 2.45) is 5.73 Å². The third-order valence-electron chi connectivity index (χ3n) is 2.39. The molecule has 8 nitrogen and oxygen atoms in total. The zero-order chi connectivity index (χ0) is 11.1. The van der Waals surface area contributed by atoms with Crippen LogP contribution in [0.15, 0.2) is 12.7 Å². The monoisotopic (exact) mass is 219 g/mol. The van der Waals surface area contributed by atoms with Gasteiger partial charge in [-0.3, -0.25) is 4.40 Å². The number of hydrogen-bond donors (Lipinski definition) is 3. The third-order valence-corrected chi connectivity index (χ3v) is 2.39. The number of nitrogens with two attached hydrogens (primary N) is 1. The average Bonchev–Trinajstić information content (AvgIpc) is 2.92. The molecule has 3 heterocycles. The highest BCUT2D eigenvalue weighted by atomic mass is 16.3. The van der Waals surface area contributed by atoms with Gasteiger partial charge in [0.15, 0.2) is 17.1 Å². The van der Waals surface area contributed by atoms with Crippen molar-refractivity contribution in [1.82, 2.24) is 29.5 Å². The van der Waals surface area contributed by atoms with Gasteiger partial charge in [0.05, 0.1) is 19.0 Å². The van der Waals surface area contributed by atoms with E-state index in [1.807, 2.05) is 0 Å². The van der Waals surface area contributed by atoms with E-state index in [9.17, 15) is 0 Å². The molecule has 0 aromatic carbocycles. The number of nitrogens with zero attached hydrogens (tertiary/aromatic N) is 5. The van der Waals surface area contributed by atoms with Crippen LogP contribution in [0.5, 0.6) is 0 Å². The molecule has 3 rings (SSSR count). The van der Waals surface area contributed by atoms with Gasteiger partial charge in [0, 0.05) is 0 Å². The Labute approximate surface area is 89.2 Å². The molecule has 1 unspecified atom stereocenters. The Morgan fingerprint density at radius 1 is 1.44 bits per heavy atom. The average molecular weight is 219 g/mol. The molecule has 82 valence electrons. The van der Waals surface area contributed by atoms with Crippen molar-refractivity contribution in [3.05, 3.63) is 18.5 Å². The van der Waals surface area contributed by atoms with Gasteiger partial charge in [0.25, 0.3) is 0 Å². The van der Waals surface area contributed by atoms with Crippen LogP contribution in [0.3, 0.4) is 0 Å². The summed E-state index contributed by atoms with van der Waals surface area (Å²) in [5.41, 5.74) is 7.57. The van der Waals surface area contributed by atoms with Crippen LogP contribution in [0.1, 0.15) is 11.9 Å². The minimum atomic E-state index is -0.572. The van der Waals surface area contributed by atoms with E-state index in [0.717, 1.165) is 0 Å². The maximum absolute atomic E-state index is 8.99. The van der Waals surface area contributed by atoms with E-state index in [4.69, 9.17) is 10.8 Å². The molecular formula is C8H9N7O. The zero-order valence-corrected chi connectivity index (χ0v) is 8.20. The van der Waals surface area contributed by atoms with Gasteiger partial charge in [0.1, 0.15) is 11.8 Å². The summed E-state index contributed by atoms with van der Waals surface area (Å²) in [5, 5.41) is 16.9. The smallest absolute Gasteiger partial charge is 0.189 e. The summed E-state index contributed by atoms with van der Waals surface area (Å²) in [6, 6.07) is -0.572. The molecule has 0 bridgehead atoms. The SMILES string of the molecule is NC(CO)c1nnc2c3[nH]cnc3ncn12. The van der Waals surface area contributed by atoms with Crippen molar-refractivity contribution < 1.29 is 5.11 Å². The number of nitrogens with one attached hydrogen (secondary N) is 1. The fraction of sp³-hybridized carbons (Fsp3) is 0.250. The lowest BCUT2D eigenvalue weighted by molar-refractivity contribution is 0.262. The van der Waals surface area contributed by atoms with E-state index in [0.29, 0.717) is 22.6 Å². The number of hydrogen-bond acceptors (Lipinski definition) is 6. The number of aromatic amines is 1. The van der Waals surface area contributed by atoms with Crippen molar-refractivity contribution in [3.8, 4) is 0 Å². The van der Waals surface area contributed by atoms with Crippen LogP contribution in [-0.2, 0) is 0 Å². The van der Waals surface area contributed by atoms with E-state index < -0.39 is 6.04 Å². The first-order valence-corrected chi connectivity index (χ1v) is 4.70. The molecule has 0 fully saturated rings. The van der Waals surface area contributed by atoms with Gasteiger partial charge in [0.2, 0.25) is 0 Å². The number of aliphatic hydroxyl groups excluding tert-OH is 1. The molecule has 0 radical (unpaired) electrons. The Morgan fingerprint density at radius 2 is 2.31 bits per heavy atom. The van der Waals surface area contributed by atoms with E-state index in [1.165, 1.54) is 6.33 Å². The lowest BCUT2D eigenvalue weighted by atomic mass is 10.3. The fourth-order valence-electron chi connectivity index (χ4n) is 1.58. The molecule has 8 heteroatoms. The van der Waals surface area contributed by atoms with Crippen molar-refractivity contribution in [2.75, 3.05) is 6.61 Å². The van der Waals surface area contributed by atoms with Gasteiger partial charge in [-0.25, -0.2) is 9.97 Å². The summed E-state index contributed by atoms with van der Waals surface area (Å²) in [5.74, 6) is 0.474. The number of H-pyrrole nitrogens is 1. The largest absolute Gasteiger partial charge is 0.394 e. The maximum Gasteiger partial charge on any atom is 0.189 e. The molecule has 1 atom stereocenters. The van der Waals surface area contributed by atoms with Crippen molar-refractivity contribution >= 4 is 16.8 Å². The number of rotatable bonds is 2. The second-order valence-electron chi connectivity index (χ2n) is 3.39. The summed E-state index contributed by atoms with van der Waals surface area (Å²) >= 11 is 0. The van der Waals surface area contributed by atoms with E-state index in [1.54, 1.807) is 10.7 Å². The van der Waals surface area contributed by atoms with Crippen LogP contribution in [0.4, 0.5) is 0 Å². The highest BCUT2D eigenvalue weighted by Crippen LogP contribution is 2.15. The second-order valence-corrected chi connectivity index (χ2v) is 3.39. The fourth-order valence-corrected chi connectivity index (χ4v) is 1.58. The van der Waals surface area contributed by atoms with Crippen molar-refractivity contribution in [1.29, 1.82) is 0 Å². The standard InChI is InChI=1S/C8H9N7O/c9-4(1-16)7-13-14-8-5-6(11-2-10-5)12-3-15(7)8/h2-4,16H,1,9H2,(H,10,11). The van der Waals surface area contributed by atoms with Crippen LogP contribution in [0, 0.1) is 0 Å². The third kappa shape index (κ3) is 1.11. The van der Waals surface area contributed by atoms with Crippen molar-refractivity contribution in [2.45, 2.75) is 6.04 Å². The molecule has 0 aliphatic rings. The van der Waals surface area contributed by atoms with Gasteiger partial charge in [-0.2, -0.15) is 0 Å². The Morgan fingerprint density at radius 3 is 3.12 bits per heavy atom. The Bertz CT molecular complexity index is 642. The summed E-state index contributed by atoms with van der Waals surface area (Å²) in [6.07, 6.45) is 3.08. The summed E-state index contributed by atoms with van der Waals surface area (Å²) in [7, 11) is 0. The quantitative estimate of drug-likeness (QED) is 0.508. The van der Waals surface area contributed by atoms with Gasteiger partial charge >= 0.3 is 0 Å². The van der Waals surface area contributed by atoms with Crippen LogP contribution >= 0.6 is 0 Å². The van der Waals surface area contributed by atoms with Crippen LogP contribution < -0.4 is 5.73 Å². The van der Waals surface area contributed by atoms with E-state index in [-0.39, 0.29) is 6.61 Å². The lowest BCUT2D eigenvalue weighted by Crippen LogP contribution is -2.17. The van der Waals surface area contributed by atoms with E-state index in [2.05, 4.69) is 25.1 Å². The molecule has 4 N–H and O–H groups in total. The number of aromatic nitrogens is 6. The molecule has 3 aromatic rings. The molecule has 0 saturated heterocycles. The van der Waals surface area contributed by atoms with Gasteiger partial charge < -0.3 is 15.8 Å². The summed E-state index contributed by atoms with van der Waals surface area (Å²) < 4.78 is 1.64. The van der Waals surface area contributed by atoms with Gasteiger partial charge in [-0.1, -0.05) is 0 Å². The summed E-state index contributed by atoms with van der Waals surface area (Å²) in [6.45, 7) is -0.193. The first-order chi connectivity index (χ1) is 7.81. The molecule has 0 saturated carbocycles. The minimum absolute atomic E-state index is 0.193. The van der Waals surface area contributed by atoms with Gasteiger partial charge in [-0.05, 0) is 0 Å². The molecule has 0 aliphatic heterocycles. The Hall–Kier alpha value is -2.06. The number of imidazole rings is 1. The first kappa shape index (κ1) is 9.19. The van der Waals surface area contributed by atoms with Crippen LogP contribution in [0.2, 0.25) is 0 Å². The highest BCUT2D eigenvalue weighted by molar-refractivity contribution is 5.84. The molecule has 0 aliphatic carbocycles. The summed E-state index contributed by atoms with van der Waals surface area (Å²) in [4.78, 5) is 11.1. The van der Waals surface area contributed by atoms with Crippen LogP contribution in [-0.4, -0.2) is 41.3 Å². The van der Waals surface area contributed by atoms with Gasteiger partial charge in [-0.15, -0.1) is 10.2 Å². The predicted molar refractivity (Wildman–Crippen MR) is 54.4 cm³/mol. The minimum Gasteiger partial charge on any atom is -0.394 e. The highest BCUT2D eigenvalue weighted by Gasteiger charge is 2.15. The number of fused-ring (bicyclic) bond motifs is 3. The topological polar surface area (TPSA) is 118 Å². The second kappa shape index (κ2) is 3.22. The molecular weight excluding hydrogens is 210 g/mol. The Kier molecular flexibility index (Phi) is 1.85. The first-order valence-electron chi connectivity index (χ1n) is 4.70. The Balaban J connectivity index is 2.34. The maximum atomic E-state index is 8.99. The zero-order valence-electron chi connectivity index (χ0n) is 8.20. The number of aliphatic hydroxyl groups is 1. The molecule has 3 aromatic heterocycles. The lowest BCUT2D eigenvalue weighted by Gasteiger charge is -2.04. The predicted octanol–water partition coefficient (Wildman–Crippen LogP) is -1.01. The molecule has 0 spiro atoms. The molecule has 16 heavy (non-hydrogen) atoms. The molecule has 0 amide bonds. The van der Waals surface area contributed by atoms with E-state index >= 15 is 0 Å². The van der Waals surface area contributed by atoms with Crippen LogP contribution in [0.25, 0.3) is 16.8 Å². The van der Waals surface area contributed by atoms with Crippen molar-refractivity contribution in [3.63, 3.8) is 0 Å². The normalized spacial score (nSPS) is 13.6.